The van der Waals surface area contributed by atoms with Gasteiger partial charge in [0.2, 0.25) is 0 Å². The van der Waals surface area contributed by atoms with Crippen LogP contribution in [0.1, 0.15) is 23.6 Å². The molecule has 0 amide bonds. The van der Waals surface area contributed by atoms with E-state index in [9.17, 15) is 9.90 Å². The smallest absolute Gasteiger partial charge is 0.306 e. The molecule has 0 unspecified atom stereocenters. The van der Waals surface area contributed by atoms with E-state index >= 15 is 0 Å². The van der Waals surface area contributed by atoms with Gasteiger partial charge in [-0.1, -0.05) is 65.8 Å². The van der Waals surface area contributed by atoms with Gasteiger partial charge in [0.15, 0.2) is 0 Å². The average molecular weight is 366 g/mol. The summed E-state index contributed by atoms with van der Waals surface area (Å²) in [5.74, 6) is -0.902. The topological polar surface area (TPSA) is 98.5 Å². The minimum absolute atomic E-state index is 0.0267. The maximum absolute atomic E-state index is 11.2. The van der Waals surface area contributed by atoms with Gasteiger partial charge in [0.1, 0.15) is 0 Å². The van der Waals surface area contributed by atoms with Crippen molar-refractivity contribution in [3.8, 4) is 0 Å². The van der Waals surface area contributed by atoms with Crippen molar-refractivity contribution in [2.75, 3.05) is 19.6 Å². The number of rotatable bonds is 7. The lowest BCUT2D eigenvalue weighted by Gasteiger charge is -2.42. The maximum atomic E-state index is 11.2. The number of hydrogen-bond acceptors (Lipinski definition) is 4. The number of ether oxygens (including phenoxy) is 1. The summed E-state index contributed by atoms with van der Waals surface area (Å²) in [6, 6.07) is 20.2. The van der Waals surface area contributed by atoms with Crippen LogP contribution in [0.15, 0.2) is 65.8 Å². The highest BCUT2D eigenvalue weighted by Gasteiger charge is 2.34. The van der Waals surface area contributed by atoms with E-state index in [1.54, 1.807) is 0 Å². The van der Waals surface area contributed by atoms with Crippen LogP contribution in [0, 0.1) is 0 Å². The Hall–Kier alpha value is -2.86. The lowest BCUT2D eigenvalue weighted by Crippen LogP contribution is -2.50. The summed E-state index contributed by atoms with van der Waals surface area (Å²) in [4.78, 5) is 16.3. The Morgan fingerprint density at radius 3 is 2.19 bits per heavy atom. The molecule has 0 bridgehead atoms. The van der Waals surface area contributed by atoms with Gasteiger partial charge >= 0.3 is 5.97 Å². The summed E-state index contributed by atoms with van der Waals surface area (Å²) in [5, 5.41) is 12.8. The zero-order valence-corrected chi connectivity index (χ0v) is 14.9. The normalized spacial score (nSPS) is 20.2. The number of nitrogens with zero attached hydrogens (tertiary/aromatic N) is 4. The van der Waals surface area contributed by atoms with E-state index in [0.29, 0.717) is 13.1 Å². The molecule has 0 saturated carbocycles. The van der Waals surface area contributed by atoms with Crippen LogP contribution in [0.2, 0.25) is 0 Å². The molecule has 1 aliphatic heterocycles. The number of carboxylic acids is 1. The van der Waals surface area contributed by atoms with Crippen LogP contribution >= 0.6 is 0 Å². The molecule has 0 aliphatic carbocycles. The number of carbonyl (C=O) groups is 1. The molecule has 140 valence electrons. The monoisotopic (exact) mass is 366 g/mol. The van der Waals surface area contributed by atoms with Crippen molar-refractivity contribution in [2.45, 2.75) is 24.7 Å². The van der Waals surface area contributed by atoms with E-state index in [4.69, 9.17) is 10.3 Å². The highest BCUT2D eigenvalue weighted by molar-refractivity contribution is 5.67. The van der Waals surface area contributed by atoms with Crippen LogP contribution in [0.25, 0.3) is 10.4 Å². The van der Waals surface area contributed by atoms with Gasteiger partial charge in [-0.25, -0.2) is 0 Å². The quantitative estimate of drug-likeness (QED) is 0.459. The van der Waals surface area contributed by atoms with Crippen LogP contribution < -0.4 is 0 Å². The molecule has 3 rings (SSSR count). The van der Waals surface area contributed by atoms with Crippen molar-refractivity contribution in [1.82, 2.24) is 4.90 Å². The first-order chi connectivity index (χ1) is 13.2. The molecule has 1 fully saturated rings. The summed E-state index contributed by atoms with van der Waals surface area (Å²) >= 11 is 0. The second-order valence-electron chi connectivity index (χ2n) is 6.57. The van der Waals surface area contributed by atoms with Crippen molar-refractivity contribution in [2.24, 2.45) is 5.11 Å². The van der Waals surface area contributed by atoms with Crippen molar-refractivity contribution in [3.63, 3.8) is 0 Å². The predicted molar refractivity (Wildman–Crippen MR) is 101 cm³/mol. The molecule has 2 aromatic carbocycles. The standard InChI is InChI=1S/C20H22N4O3/c21-23-22-12-18-14-24(13-17(27-18)11-19(25)26)20(15-7-3-1-4-8-15)16-9-5-2-6-10-16/h1-10,17-18,20H,11-14H2,(H,25,26)/t17-,18+/m0/s1. The minimum Gasteiger partial charge on any atom is -0.481 e. The molecule has 7 heteroatoms. The van der Waals surface area contributed by atoms with Gasteiger partial charge in [0.25, 0.3) is 0 Å². The fourth-order valence-electron chi connectivity index (χ4n) is 3.59. The van der Waals surface area contributed by atoms with Crippen molar-refractivity contribution >= 4 is 5.97 Å². The van der Waals surface area contributed by atoms with Crippen LogP contribution in [0.4, 0.5) is 0 Å². The maximum Gasteiger partial charge on any atom is 0.306 e. The zero-order valence-electron chi connectivity index (χ0n) is 14.9. The van der Waals surface area contributed by atoms with Crippen LogP contribution in [-0.2, 0) is 9.53 Å². The molecule has 7 nitrogen and oxygen atoms in total. The number of carboxylic acid groups (broad SMARTS) is 1. The second kappa shape index (κ2) is 9.19. The summed E-state index contributed by atoms with van der Waals surface area (Å²) in [6.45, 7) is 1.23. The summed E-state index contributed by atoms with van der Waals surface area (Å²) in [7, 11) is 0. The Bertz CT molecular complexity index is 742. The third kappa shape index (κ3) is 5.08. The summed E-state index contributed by atoms with van der Waals surface area (Å²) in [5.41, 5.74) is 10.9. The number of hydrogen-bond donors (Lipinski definition) is 1. The van der Waals surface area contributed by atoms with Gasteiger partial charge < -0.3 is 9.84 Å². The fraction of sp³-hybridized carbons (Fsp3) is 0.350. The molecular weight excluding hydrogens is 344 g/mol. The Kier molecular flexibility index (Phi) is 6.44. The van der Waals surface area contributed by atoms with Crippen LogP contribution in [-0.4, -0.2) is 47.8 Å². The third-order valence-corrected chi connectivity index (χ3v) is 4.61. The molecule has 0 aromatic heterocycles. The minimum atomic E-state index is -0.902. The van der Waals surface area contributed by atoms with Gasteiger partial charge in [-0.2, -0.15) is 0 Å². The van der Waals surface area contributed by atoms with E-state index in [1.807, 2.05) is 36.4 Å². The molecule has 1 saturated heterocycles. The molecule has 0 radical (unpaired) electrons. The second-order valence-corrected chi connectivity index (χ2v) is 6.57. The Morgan fingerprint density at radius 1 is 1.11 bits per heavy atom. The Labute approximate surface area is 157 Å². The molecule has 1 aliphatic rings. The first kappa shape index (κ1) is 18.9. The van der Waals surface area contributed by atoms with Gasteiger partial charge in [0, 0.05) is 18.0 Å². The molecule has 27 heavy (non-hydrogen) atoms. The zero-order chi connectivity index (χ0) is 19.1. The third-order valence-electron chi connectivity index (χ3n) is 4.61. The molecule has 2 aromatic rings. The van der Waals surface area contributed by atoms with Crippen LogP contribution in [0.3, 0.4) is 0 Å². The van der Waals surface area contributed by atoms with E-state index < -0.39 is 12.1 Å². The highest BCUT2D eigenvalue weighted by Crippen LogP contribution is 2.31. The summed E-state index contributed by atoms with van der Waals surface area (Å²) < 4.78 is 5.86. The van der Waals surface area contributed by atoms with Crippen LogP contribution in [0.5, 0.6) is 0 Å². The first-order valence-corrected chi connectivity index (χ1v) is 8.89. The van der Waals surface area contributed by atoms with Gasteiger partial charge in [-0.3, -0.25) is 9.69 Å². The van der Waals surface area contributed by atoms with E-state index in [0.717, 1.165) is 11.1 Å². The Balaban J connectivity index is 1.93. The van der Waals surface area contributed by atoms with Crippen molar-refractivity contribution < 1.29 is 14.6 Å². The molecule has 2 atom stereocenters. The number of azide groups is 1. The molecule has 1 heterocycles. The molecule has 1 N–H and O–H groups in total. The highest BCUT2D eigenvalue weighted by atomic mass is 16.5. The number of aliphatic carboxylic acids is 1. The van der Waals surface area contributed by atoms with E-state index in [-0.39, 0.29) is 25.1 Å². The van der Waals surface area contributed by atoms with Crippen molar-refractivity contribution in [3.05, 3.63) is 82.2 Å². The van der Waals surface area contributed by atoms with Gasteiger partial charge in [-0.15, -0.1) is 0 Å². The number of benzene rings is 2. The molecular formula is C20H22N4O3. The number of morpholine rings is 1. The van der Waals surface area contributed by atoms with E-state index in [1.165, 1.54) is 0 Å². The lowest BCUT2D eigenvalue weighted by atomic mass is 9.95. The predicted octanol–water partition coefficient (Wildman–Crippen LogP) is 3.63. The molecule has 0 spiro atoms. The summed E-state index contributed by atoms with van der Waals surface area (Å²) in [6.07, 6.45) is -0.876. The van der Waals surface area contributed by atoms with E-state index in [2.05, 4.69) is 39.2 Å². The Morgan fingerprint density at radius 2 is 1.67 bits per heavy atom. The first-order valence-electron chi connectivity index (χ1n) is 8.89. The lowest BCUT2D eigenvalue weighted by molar-refractivity contribution is -0.146. The van der Waals surface area contributed by atoms with Gasteiger partial charge in [0.05, 0.1) is 31.2 Å². The fourth-order valence-corrected chi connectivity index (χ4v) is 3.59. The largest absolute Gasteiger partial charge is 0.481 e. The van der Waals surface area contributed by atoms with Gasteiger partial charge in [-0.05, 0) is 16.7 Å². The van der Waals surface area contributed by atoms with Crippen molar-refractivity contribution in [1.29, 1.82) is 0 Å². The SMILES string of the molecule is [N-]=[N+]=NC[C@@H]1CN(C(c2ccccc2)c2ccccc2)C[C@H](CC(=O)O)O1. The average Bonchev–Trinajstić information content (AvgIpc) is 2.68.